The first-order valence-electron chi connectivity index (χ1n) is 5.11. The predicted molar refractivity (Wildman–Crippen MR) is 63.0 cm³/mol. The molecule has 0 radical (unpaired) electrons. The van der Waals surface area contributed by atoms with Gasteiger partial charge in [-0.25, -0.2) is 0 Å². The average Bonchev–Trinajstić information content (AvgIpc) is 2.30. The number of carbonyl (C=O) groups excluding carboxylic acids is 1. The van der Waals surface area contributed by atoms with E-state index < -0.39 is 0 Å². The van der Waals surface area contributed by atoms with Crippen LogP contribution >= 0.6 is 11.6 Å². The third-order valence-electron chi connectivity index (χ3n) is 2.02. The van der Waals surface area contributed by atoms with Gasteiger partial charge in [-0.3, -0.25) is 4.79 Å². The summed E-state index contributed by atoms with van der Waals surface area (Å²) in [4.78, 5) is 11.1. The van der Waals surface area contributed by atoms with Gasteiger partial charge in [-0.2, -0.15) is 0 Å². The maximum Gasteiger partial charge on any atom is 0.309 e. The summed E-state index contributed by atoms with van der Waals surface area (Å²) in [6.45, 7) is 0.588. The first-order valence-corrected chi connectivity index (χ1v) is 5.64. The maximum atomic E-state index is 11.1. The van der Waals surface area contributed by atoms with Gasteiger partial charge in [-0.15, -0.1) is 11.6 Å². The van der Waals surface area contributed by atoms with Crippen LogP contribution in [0.5, 0.6) is 5.75 Å². The van der Waals surface area contributed by atoms with Crippen molar-refractivity contribution in [1.29, 1.82) is 0 Å². The minimum absolute atomic E-state index is 0.252. The Morgan fingerprint density at radius 1 is 1.44 bits per heavy atom. The summed E-state index contributed by atoms with van der Waals surface area (Å²) in [5, 5.41) is 0. The average molecular weight is 243 g/mol. The van der Waals surface area contributed by atoms with Gasteiger partial charge in [-0.05, 0) is 24.1 Å². The van der Waals surface area contributed by atoms with E-state index in [0.717, 1.165) is 17.7 Å². The molecular formula is C12H15ClO3. The van der Waals surface area contributed by atoms with Gasteiger partial charge in [0.15, 0.2) is 0 Å². The number of rotatable bonds is 6. The van der Waals surface area contributed by atoms with E-state index in [4.69, 9.17) is 16.3 Å². The van der Waals surface area contributed by atoms with Crippen molar-refractivity contribution in [2.75, 3.05) is 19.6 Å². The van der Waals surface area contributed by atoms with E-state index in [-0.39, 0.29) is 12.4 Å². The van der Waals surface area contributed by atoms with Gasteiger partial charge < -0.3 is 9.47 Å². The number of benzene rings is 1. The minimum Gasteiger partial charge on any atom is -0.494 e. The number of methoxy groups -OCH3 is 1. The minimum atomic E-state index is -0.252. The summed E-state index contributed by atoms with van der Waals surface area (Å²) in [5.74, 6) is 1.09. The molecule has 0 N–H and O–H groups in total. The van der Waals surface area contributed by atoms with Crippen molar-refractivity contribution < 1.29 is 14.3 Å². The summed E-state index contributed by atoms with van der Waals surface area (Å²) in [5.41, 5.74) is 0.884. The van der Waals surface area contributed by atoms with Crippen LogP contribution in [0.2, 0.25) is 0 Å². The lowest BCUT2D eigenvalue weighted by atomic mass is 10.1. The van der Waals surface area contributed by atoms with Crippen LogP contribution in [0.25, 0.3) is 0 Å². The van der Waals surface area contributed by atoms with E-state index in [9.17, 15) is 4.79 Å². The fourth-order valence-electron chi connectivity index (χ4n) is 1.23. The van der Waals surface area contributed by atoms with Gasteiger partial charge in [0.05, 0.1) is 20.1 Å². The van der Waals surface area contributed by atoms with E-state index in [1.165, 1.54) is 7.11 Å². The molecule has 0 aliphatic carbocycles. The quantitative estimate of drug-likeness (QED) is 0.437. The van der Waals surface area contributed by atoms with Crippen molar-refractivity contribution >= 4 is 17.6 Å². The Labute approximate surface area is 100 Å². The molecule has 0 saturated heterocycles. The second kappa shape index (κ2) is 7.12. The SMILES string of the molecule is COC(=O)Cc1cccc(OCCCCl)c1. The highest BCUT2D eigenvalue weighted by Crippen LogP contribution is 2.14. The molecule has 0 saturated carbocycles. The summed E-state index contributed by atoms with van der Waals surface area (Å²) in [6, 6.07) is 7.42. The highest BCUT2D eigenvalue weighted by molar-refractivity contribution is 6.17. The fraction of sp³-hybridized carbons (Fsp3) is 0.417. The third-order valence-corrected chi connectivity index (χ3v) is 2.29. The molecule has 0 heterocycles. The van der Waals surface area contributed by atoms with E-state index in [2.05, 4.69) is 4.74 Å². The van der Waals surface area contributed by atoms with E-state index in [0.29, 0.717) is 12.5 Å². The molecule has 0 spiro atoms. The van der Waals surface area contributed by atoms with Gasteiger partial charge in [-0.1, -0.05) is 12.1 Å². The second-order valence-electron chi connectivity index (χ2n) is 3.29. The van der Waals surface area contributed by atoms with Crippen molar-refractivity contribution in [3.8, 4) is 5.75 Å². The predicted octanol–water partition coefficient (Wildman–Crippen LogP) is 2.41. The van der Waals surface area contributed by atoms with E-state index >= 15 is 0 Å². The Hall–Kier alpha value is -1.22. The van der Waals surface area contributed by atoms with Crippen LogP contribution in [-0.2, 0) is 16.0 Å². The molecule has 3 nitrogen and oxygen atoms in total. The van der Waals surface area contributed by atoms with Crippen molar-refractivity contribution in [3.05, 3.63) is 29.8 Å². The Balaban J connectivity index is 2.53. The molecule has 16 heavy (non-hydrogen) atoms. The zero-order valence-corrected chi connectivity index (χ0v) is 10.00. The van der Waals surface area contributed by atoms with E-state index in [1.54, 1.807) is 0 Å². The number of hydrogen-bond acceptors (Lipinski definition) is 3. The van der Waals surface area contributed by atoms with Gasteiger partial charge in [0.1, 0.15) is 5.75 Å². The number of halogens is 1. The van der Waals surface area contributed by atoms with Crippen LogP contribution in [0.3, 0.4) is 0 Å². The summed E-state index contributed by atoms with van der Waals surface area (Å²) < 4.78 is 10.1. The lowest BCUT2D eigenvalue weighted by Gasteiger charge is -2.06. The monoisotopic (exact) mass is 242 g/mol. The fourth-order valence-corrected chi connectivity index (χ4v) is 1.34. The smallest absolute Gasteiger partial charge is 0.309 e. The van der Waals surface area contributed by atoms with E-state index in [1.807, 2.05) is 24.3 Å². The summed E-state index contributed by atoms with van der Waals surface area (Å²) in [7, 11) is 1.38. The molecule has 0 atom stereocenters. The van der Waals surface area contributed by atoms with Crippen molar-refractivity contribution in [2.24, 2.45) is 0 Å². The van der Waals surface area contributed by atoms with Crippen molar-refractivity contribution in [1.82, 2.24) is 0 Å². The molecule has 0 fully saturated rings. The van der Waals surface area contributed by atoms with Crippen LogP contribution < -0.4 is 4.74 Å². The van der Waals surface area contributed by atoms with Crippen LogP contribution in [0.1, 0.15) is 12.0 Å². The van der Waals surface area contributed by atoms with Crippen LogP contribution in [-0.4, -0.2) is 25.6 Å². The lowest BCUT2D eigenvalue weighted by molar-refractivity contribution is -0.139. The molecule has 0 aliphatic rings. The molecule has 0 aliphatic heterocycles. The molecule has 0 aromatic heterocycles. The third kappa shape index (κ3) is 4.53. The molecule has 4 heteroatoms. The molecule has 1 rings (SSSR count). The number of esters is 1. The van der Waals surface area contributed by atoms with Crippen LogP contribution in [0.15, 0.2) is 24.3 Å². The maximum absolute atomic E-state index is 11.1. The standard InChI is InChI=1S/C12H15ClO3/c1-15-12(14)9-10-4-2-5-11(8-10)16-7-3-6-13/h2,4-5,8H,3,6-7,9H2,1H3. The topological polar surface area (TPSA) is 35.5 Å². The van der Waals surface area contributed by atoms with Gasteiger partial charge in [0.25, 0.3) is 0 Å². The zero-order chi connectivity index (χ0) is 11.8. The summed E-state index contributed by atoms with van der Waals surface area (Å²) in [6.07, 6.45) is 1.08. The molecule has 1 aromatic rings. The molecule has 0 bridgehead atoms. The Morgan fingerprint density at radius 2 is 2.25 bits per heavy atom. The van der Waals surface area contributed by atoms with Gasteiger partial charge in [0, 0.05) is 5.88 Å². The Morgan fingerprint density at radius 3 is 2.94 bits per heavy atom. The van der Waals surface area contributed by atoms with Gasteiger partial charge in [0.2, 0.25) is 0 Å². The molecule has 0 amide bonds. The molecule has 1 aromatic carbocycles. The number of ether oxygens (including phenoxy) is 2. The van der Waals surface area contributed by atoms with Crippen LogP contribution in [0.4, 0.5) is 0 Å². The van der Waals surface area contributed by atoms with Crippen molar-refractivity contribution in [2.45, 2.75) is 12.8 Å². The Kier molecular flexibility index (Phi) is 5.72. The molecular weight excluding hydrogens is 228 g/mol. The largest absolute Gasteiger partial charge is 0.494 e. The first-order chi connectivity index (χ1) is 7.76. The number of alkyl halides is 1. The normalized spacial score (nSPS) is 9.88. The highest BCUT2D eigenvalue weighted by atomic mass is 35.5. The second-order valence-corrected chi connectivity index (χ2v) is 3.67. The van der Waals surface area contributed by atoms with Crippen molar-refractivity contribution in [3.63, 3.8) is 0 Å². The zero-order valence-electron chi connectivity index (χ0n) is 9.24. The highest BCUT2D eigenvalue weighted by Gasteiger charge is 2.03. The van der Waals surface area contributed by atoms with Crippen LogP contribution in [0, 0.1) is 0 Å². The number of hydrogen-bond donors (Lipinski definition) is 0. The van der Waals surface area contributed by atoms with Gasteiger partial charge >= 0.3 is 5.97 Å². The lowest BCUT2D eigenvalue weighted by Crippen LogP contribution is -2.05. The number of carbonyl (C=O) groups is 1. The Bertz CT molecular complexity index is 339. The molecule has 88 valence electrons. The summed E-state index contributed by atoms with van der Waals surface area (Å²) >= 11 is 5.55. The molecule has 0 unspecified atom stereocenters. The first kappa shape index (κ1) is 12.8.